The fourth-order valence-electron chi connectivity index (χ4n) is 2.51. The van der Waals surface area contributed by atoms with Crippen LogP contribution in [0.25, 0.3) is 0 Å². The number of nitrogens with zero attached hydrogens (tertiary/aromatic N) is 1. The summed E-state index contributed by atoms with van der Waals surface area (Å²) in [5.74, 6) is 0.970. The van der Waals surface area contributed by atoms with Gasteiger partial charge in [-0.25, -0.2) is 0 Å². The molecule has 0 aliphatic rings. The van der Waals surface area contributed by atoms with Crippen molar-refractivity contribution in [2.45, 2.75) is 39.3 Å². The summed E-state index contributed by atoms with van der Waals surface area (Å²) in [5.41, 5.74) is 2.17. The molecule has 1 amide bonds. The van der Waals surface area contributed by atoms with E-state index in [2.05, 4.69) is 26.0 Å². The Kier molecular flexibility index (Phi) is 6.21. The molecular weight excluding hydrogens is 286 g/mol. The molecule has 0 radical (unpaired) electrons. The van der Waals surface area contributed by atoms with Gasteiger partial charge >= 0.3 is 0 Å². The minimum atomic E-state index is 0.161. The summed E-state index contributed by atoms with van der Waals surface area (Å²) in [6.07, 6.45) is 1.36. The van der Waals surface area contributed by atoms with Crippen molar-refractivity contribution < 1.29 is 9.53 Å². The van der Waals surface area contributed by atoms with Crippen molar-refractivity contribution in [3.63, 3.8) is 0 Å². The molecule has 0 heterocycles. The molecule has 122 valence electrons. The third kappa shape index (κ3) is 4.85. The van der Waals surface area contributed by atoms with E-state index in [-0.39, 0.29) is 11.9 Å². The van der Waals surface area contributed by atoms with Crippen LogP contribution in [0.1, 0.15) is 31.4 Å². The van der Waals surface area contributed by atoms with E-state index in [0.717, 1.165) is 23.3 Å². The van der Waals surface area contributed by atoms with Gasteiger partial charge in [0.1, 0.15) is 5.75 Å². The Hall–Kier alpha value is -2.29. The van der Waals surface area contributed by atoms with Crippen molar-refractivity contribution >= 4 is 5.91 Å². The second kappa shape index (κ2) is 8.37. The molecule has 0 aliphatic carbocycles. The number of hydrogen-bond donors (Lipinski definition) is 0. The summed E-state index contributed by atoms with van der Waals surface area (Å²) >= 11 is 0. The number of amides is 1. The Balaban J connectivity index is 2.09. The first-order chi connectivity index (χ1) is 11.1. The minimum absolute atomic E-state index is 0.161. The molecule has 0 saturated heterocycles. The van der Waals surface area contributed by atoms with Gasteiger partial charge in [-0.2, -0.15) is 0 Å². The lowest BCUT2D eigenvalue weighted by atomic mass is 10.1. The van der Waals surface area contributed by atoms with E-state index in [9.17, 15) is 4.79 Å². The molecule has 0 N–H and O–H groups in total. The molecule has 0 bridgehead atoms. The Labute approximate surface area is 138 Å². The zero-order valence-electron chi connectivity index (χ0n) is 14.2. The van der Waals surface area contributed by atoms with E-state index in [4.69, 9.17) is 4.74 Å². The second-order valence-corrected chi connectivity index (χ2v) is 5.79. The third-order valence-corrected chi connectivity index (χ3v) is 4.15. The van der Waals surface area contributed by atoms with Crippen LogP contribution in [0.3, 0.4) is 0 Å². The maximum Gasteiger partial charge on any atom is 0.227 e. The number of benzene rings is 2. The van der Waals surface area contributed by atoms with Crippen LogP contribution < -0.4 is 4.74 Å². The molecule has 0 saturated carbocycles. The fourth-order valence-corrected chi connectivity index (χ4v) is 2.51. The predicted octanol–water partition coefficient (Wildman–Crippen LogP) is 4.07. The van der Waals surface area contributed by atoms with Crippen LogP contribution in [0.4, 0.5) is 0 Å². The van der Waals surface area contributed by atoms with Crippen molar-refractivity contribution in [1.82, 2.24) is 4.90 Å². The molecular formula is C20H25NO2. The molecule has 0 aliphatic heterocycles. The van der Waals surface area contributed by atoms with Gasteiger partial charge < -0.3 is 9.64 Å². The minimum Gasteiger partial charge on any atom is -0.497 e. The van der Waals surface area contributed by atoms with Crippen LogP contribution in [0, 0.1) is 0 Å². The van der Waals surface area contributed by atoms with Gasteiger partial charge in [-0.15, -0.1) is 0 Å². The average Bonchev–Trinajstić information content (AvgIpc) is 2.60. The molecule has 2 rings (SSSR count). The van der Waals surface area contributed by atoms with E-state index in [0.29, 0.717) is 13.0 Å². The average molecular weight is 311 g/mol. The Morgan fingerprint density at radius 2 is 1.70 bits per heavy atom. The Morgan fingerprint density at radius 3 is 2.26 bits per heavy atom. The third-order valence-electron chi connectivity index (χ3n) is 4.15. The lowest BCUT2D eigenvalue weighted by Gasteiger charge is -2.29. The number of carbonyl (C=O) groups is 1. The van der Waals surface area contributed by atoms with Gasteiger partial charge in [-0.05, 0) is 36.6 Å². The molecule has 2 aromatic rings. The van der Waals surface area contributed by atoms with Crippen LogP contribution in [0.2, 0.25) is 0 Å². The van der Waals surface area contributed by atoms with Gasteiger partial charge in [0.2, 0.25) is 5.91 Å². The van der Waals surface area contributed by atoms with Crippen LogP contribution >= 0.6 is 0 Å². The molecule has 0 fully saturated rings. The van der Waals surface area contributed by atoms with Gasteiger partial charge in [0.15, 0.2) is 0 Å². The molecule has 3 nitrogen and oxygen atoms in total. The van der Waals surface area contributed by atoms with Gasteiger partial charge in [-0.1, -0.05) is 49.4 Å². The second-order valence-electron chi connectivity index (χ2n) is 5.79. The van der Waals surface area contributed by atoms with E-state index >= 15 is 0 Å². The van der Waals surface area contributed by atoms with Crippen LogP contribution in [0.15, 0.2) is 54.6 Å². The van der Waals surface area contributed by atoms with E-state index in [1.807, 2.05) is 47.4 Å². The topological polar surface area (TPSA) is 29.5 Å². The zero-order chi connectivity index (χ0) is 16.7. The molecule has 1 atom stereocenters. The number of rotatable bonds is 7. The van der Waals surface area contributed by atoms with Gasteiger partial charge in [0.05, 0.1) is 13.5 Å². The first kappa shape index (κ1) is 17.1. The fraction of sp³-hybridized carbons (Fsp3) is 0.350. The molecule has 23 heavy (non-hydrogen) atoms. The lowest BCUT2D eigenvalue weighted by molar-refractivity contribution is -0.133. The molecule has 0 aromatic heterocycles. The Morgan fingerprint density at radius 1 is 1.04 bits per heavy atom. The Bertz CT molecular complexity index is 607. The first-order valence-electron chi connectivity index (χ1n) is 8.10. The predicted molar refractivity (Wildman–Crippen MR) is 93.4 cm³/mol. The first-order valence-corrected chi connectivity index (χ1v) is 8.10. The summed E-state index contributed by atoms with van der Waals surface area (Å²) in [6, 6.07) is 18.1. The maximum absolute atomic E-state index is 12.8. The smallest absolute Gasteiger partial charge is 0.227 e. The quantitative estimate of drug-likeness (QED) is 0.771. The van der Waals surface area contributed by atoms with Crippen molar-refractivity contribution in [2.24, 2.45) is 0 Å². The number of hydrogen-bond acceptors (Lipinski definition) is 2. The molecule has 2 aromatic carbocycles. The van der Waals surface area contributed by atoms with Crippen molar-refractivity contribution in [1.29, 1.82) is 0 Å². The molecule has 1 unspecified atom stereocenters. The van der Waals surface area contributed by atoms with Crippen LogP contribution in [-0.2, 0) is 17.8 Å². The van der Waals surface area contributed by atoms with Gasteiger partial charge in [0.25, 0.3) is 0 Å². The van der Waals surface area contributed by atoms with Crippen LogP contribution in [-0.4, -0.2) is 24.0 Å². The van der Waals surface area contributed by atoms with E-state index in [1.165, 1.54) is 0 Å². The highest BCUT2D eigenvalue weighted by molar-refractivity contribution is 5.79. The number of methoxy groups -OCH3 is 1. The molecule has 3 heteroatoms. The largest absolute Gasteiger partial charge is 0.497 e. The summed E-state index contributed by atoms with van der Waals surface area (Å²) in [5, 5.41) is 0. The van der Waals surface area contributed by atoms with E-state index in [1.54, 1.807) is 7.11 Å². The van der Waals surface area contributed by atoms with Gasteiger partial charge in [0, 0.05) is 12.6 Å². The normalized spacial score (nSPS) is 11.8. The molecule has 0 spiro atoms. The van der Waals surface area contributed by atoms with Crippen molar-refractivity contribution in [2.75, 3.05) is 7.11 Å². The number of ether oxygens (including phenoxy) is 1. The number of carbonyl (C=O) groups excluding carboxylic acids is 1. The van der Waals surface area contributed by atoms with Crippen molar-refractivity contribution in [3.8, 4) is 5.75 Å². The SMILES string of the molecule is CCC(C)N(Cc1ccccc1)C(=O)Cc1ccc(OC)cc1. The summed E-state index contributed by atoms with van der Waals surface area (Å²) in [7, 11) is 1.64. The monoisotopic (exact) mass is 311 g/mol. The summed E-state index contributed by atoms with van der Waals surface area (Å²) in [6.45, 7) is 4.88. The highest BCUT2D eigenvalue weighted by atomic mass is 16.5. The zero-order valence-corrected chi connectivity index (χ0v) is 14.2. The highest BCUT2D eigenvalue weighted by Gasteiger charge is 2.19. The van der Waals surface area contributed by atoms with Crippen LogP contribution in [0.5, 0.6) is 5.75 Å². The summed E-state index contributed by atoms with van der Waals surface area (Å²) in [4.78, 5) is 14.7. The van der Waals surface area contributed by atoms with Gasteiger partial charge in [-0.3, -0.25) is 4.79 Å². The maximum atomic E-state index is 12.8. The lowest BCUT2D eigenvalue weighted by Crippen LogP contribution is -2.38. The summed E-state index contributed by atoms with van der Waals surface area (Å²) < 4.78 is 5.16. The van der Waals surface area contributed by atoms with E-state index < -0.39 is 0 Å². The van der Waals surface area contributed by atoms with Crippen molar-refractivity contribution in [3.05, 3.63) is 65.7 Å². The standard InChI is InChI=1S/C20H25NO2/c1-4-16(2)21(15-18-8-6-5-7-9-18)20(22)14-17-10-12-19(23-3)13-11-17/h5-13,16H,4,14-15H2,1-3H3. The highest BCUT2D eigenvalue weighted by Crippen LogP contribution is 2.16.